The van der Waals surface area contributed by atoms with Crippen LogP contribution in [0, 0.1) is 5.92 Å². The second-order valence-electron chi connectivity index (χ2n) is 5.92. The zero-order valence-electron chi connectivity index (χ0n) is 12.4. The molecule has 2 rings (SSSR count). The minimum Gasteiger partial charge on any atom is -0.368 e. The number of hydrogen-bond acceptors (Lipinski definition) is 4. The molecule has 20 heavy (non-hydrogen) atoms. The van der Waals surface area contributed by atoms with Crippen LogP contribution in [0.3, 0.4) is 0 Å². The summed E-state index contributed by atoms with van der Waals surface area (Å²) in [6, 6.07) is -0.449. The summed E-state index contributed by atoms with van der Waals surface area (Å²) in [6.07, 6.45) is 1.50. The minimum absolute atomic E-state index is 0.00999. The lowest BCUT2D eigenvalue weighted by molar-refractivity contribution is -0.146. The molecule has 0 bridgehead atoms. The Bertz CT molecular complexity index is 337. The van der Waals surface area contributed by atoms with Crippen molar-refractivity contribution in [3.8, 4) is 0 Å². The van der Waals surface area contributed by atoms with Gasteiger partial charge in [-0.05, 0) is 18.8 Å². The van der Waals surface area contributed by atoms with E-state index in [0.717, 1.165) is 12.8 Å². The molecule has 2 fully saturated rings. The minimum atomic E-state index is -0.449. The third-order valence-electron chi connectivity index (χ3n) is 4.11. The Hall–Kier alpha value is -1.14. The van der Waals surface area contributed by atoms with Crippen LogP contribution < -0.4 is 5.73 Å². The fraction of sp³-hybridized carbons (Fsp3) is 0.857. The SMILES string of the molecule is CC(C)C(N)C(=O)N1CCN(C(=O)C2CCCO2)CC1. The van der Waals surface area contributed by atoms with Crippen molar-refractivity contribution < 1.29 is 14.3 Å². The molecule has 6 nitrogen and oxygen atoms in total. The van der Waals surface area contributed by atoms with Gasteiger partial charge in [-0.2, -0.15) is 0 Å². The van der Waals surface area contributed by atoms with Gasteiger partial charge in [-0.3, -0.25) is 9.59 Å². The molecule has 2 amide bonds. The smallest absolute Gasteiger partial charge is 0.251 e. The monoisotopic (exact) mass is 283 g/mol. The average molecular weight is 283 g/mol. The molecule has 2 N–H and O–H groups in total. The summed E-state index contributed by atoms with van der Waals surface area (Å²) in [7, 11) is 0. The molecule has 0 saturated carbocycles. The van der Waals surface area contributed by atoms with E-state index in [0.29, 0.717) is 32.8 Å². The number of nitrogens with zero attached hydrogens (tertiary/aromatic N) is 2. The molecule has 6 heteroatoms. The molecular weight excluding hydrogens is 258 g/mol. The quantitative estimate of drug-likeness (QED) is 0.779. The van der Waals surface area contributed by atoms with Crippen molar-refractivity contribution in [1.29, 1.82) is 0 Å². The van der Waals surface area contributed by atoms with E-state index in [9.17, 15) is 9.59 Å². The second-order valence-corrected chi connectivity index (χ2v) is 5.92. The van der Waals surface area contributed by atoms with Crippen molar-refractivity contribution in [3.63, 3.8) is 0 Å². The highest BCUT2D eigenvalue weighted by molar-refractivity contribution is 5.83. The Morgan fingerprint density at radius 2 is 1.75 bits per heavy atom. The Morgan fingerprint density at radius 3 is 2.25 bits per heavy atom. The summed E-state index contributed by atoms with van der Waals surface area (Å²) in [5.41, 5.74) is 5.89. The first-order chi connectivity index (χ1) is 9.50. The van der Waals surface area contributed by atoms with Crippen molar-refractivity contribution in [2.75, 3.05) is 32.8 Å². The molecule has 2 aliphatic rings. The molecule has 2 aliphatic heterocycles. The van der Waals surface area contributed by atoms with E-state index in [1.807, 2.05) is 13.8 Å². The van der Waals surface area contributed by atoms with Crippen molar-refractivity contribution in [2.24, 2.45) is 11.7 Å². The summed E-state index contributed by atoms with van der Waals surface area (Å²) in [5.74, 6) is 0.195. The zero-order chi connectivity index (χ0) is 14.7. The largest absolute Gasteiger partial charge is 0.368 e. The lowest BCUT2D eigenvalue weighted by Crippen LogP contribution is -2.56. The van der Waals surface area contributed by atoms with E-state index in [-0.39, 0.29) is 23.8 Å². The van der Waals surface area contributed by atoms with Gasteiger partial charge < -0.3 is 20.3 Å². The topological polar surface area (TPSA) is 75.9 Å². The van der Waals surface area contributed by atoms with Gasteiger partial charge in [0.15, 0.2) is 0 Å². The number of carbonyl (C=O) groups excluding carboxylic acids is 2. The molecule has 2 atom stereocenters. The highest BCUT2D eigenvalue weighted by Gasteiger charge is 2.32. The van der Waals surface area contributed by atoms with Gasteiger partial charge in [0.2, 0.25) is 5.91 Å². The van der Waals surface area contributed by atoms with Crippen molar-refractivity contribution >= 4 is 11.8 Å². The Kier molecular flexibility index (Phi) is 4.99. The first kappa shape index (κ1) is 15.3. The van der Waals surface area contributed by atoms with Gasteiger partial charge in [0, 0.05) is 32.8 Å². The van der Waals surface area contributed by atoms with Crippen molar-refractivity contribution in [2.45, 2.75) is 38.8 Å². The third-order valence-corrected chi connectivity index (χ3v) is 4.11. The Morgan fingerprint density at radius 1 is 1.15 bits per heavy atom. The first-order valence-electron chi connectivity index (χ1n) is 7.45. The number of rotatable bonds is 3. The van der Waals surface area contributed by atoms with E-state index >= 15 is 0 Å². The van der Waals surface area contributed by atoms with E-state index < -0.39 is 6.04 Å². The molecule has 0 aromatic carbocycles. The number of ether oxygens (including phenoxy) is 1. The Labute approximate surface area is 120 Å². The molecule has 2 heterocycles. The summed E-state index contributed by atoms with van der Waals surface area (Å²) in [5, 5.41) is 0. The van der Waals surface area contributed by atoms with E-state index in [4.69, 9.17) is 10.5 Å². The van der Waals surface area contributed by atoms with Crippen LogP contribution >= 0.6 is 0 Å². The highest BCUT2D eigenvalue weighted by Crippen LogP contribution is 2.16. The Balaban J connectivity index is 1.83. The molecule has 0 aromatic heterocycles. The van der Waals surface area contributed by atoms with Crippen LogP contribution in [0.1, 0.15) is 26.7 Å². The standard InChI is InChI=1S/C14H25N3O3/c1-10(2)12(15)14(19)17-7-5-16(6-8-17)13(18)11-4-3-9-20-11/h10-12H,3-9,15H2,1-2H3. The van der Waals surface area contributed by atoms with Crippen LogP contribution in [0.2, 0.25) is 0 Å². The fourth-order valence-electron chi connectivity index (χ4n) is 2.62. The van der Waals surface area contributed by atoms with Crippen LogP contribution in [-0.2, 0) is 14.3 Å². The fourth-order valence-corrected chi connectivity index (χ4v) is 2.62. The van der Waals surface area contributed by atoms with Crippen LogP contribution in [0.25, 0.3) is 0 Å². The van der Waals surface area contributed by atoms with Crippen molar-refractivity contribution in [3.05, 3.63) is 0 Å². The third kappa shape index (κ3) is 3.30. The number of piperazine rings is 1. The summed E-state index contributed by atoms with van der Waals surface area (Å²) < 4.78 is 5.42. The lowest BCUT2D eigenvalue weighted by atomic mass is 10.0. The van der Waals surface area contributed by atoms with E-state index in [2.05, 4.69) is 0 Å². The molecule has 2 saturated heterocycles. The predicted molar refractivity (Wildman–Crippen MR) is 74.9 cm³/mol. The summed E-state index contributed by atoms with van der Waals surface area (Å²) in [6.45, 7) is 6.86. The normalized spacial score (nSPS) is 25.1. The van der Waals surface area contributed by atoms with Gasteiger partial charge in [-0.15, -0.1) is 0 Å². The van der Waals surface area contributed by atoms with Gasteiger partial charge in [-0.1, -0.05) is 13.8 Å². The van der Waals surface area contributed by atoms with E-state index in [1.54, 1.807) is 9.80 Å². The van der Waals surface area contributed by atoms with Crippen molar-refractivity contribution in [1.82, 2.24) is 9.80 Å². The van der Waals surface area contributed by atoms with Crippen LogP contribution in [0.5, 0.6) is 0 Å². The summed E-state index contributed by atoms with van der Waals surface area (Å²) in [4.78, 5) is 27.9. The molecule has 2 unspecified atom stereocenters. The average Bonchev–Trinajstić information content (AvgIpc) is 2.99. The van der Waals surface area contributed by atoms with Gasteiger partial charge in [0.1, 0.15) is 6.10 Å². The zero-order valence-corrected chi connectivity index (χ0v) is 12.4. The summed E-state index contributed by atoms with van der Waals surface area (Å²) >= 11 is 0. The van der Waals surface area contributed by atoms with E-state index in [1.165, 1.54) is 0 Å². The van der Waals surface area contributed by atoms with Gasteiger partial charge in [-0.25, -0.2) is 0 Å². The van der Waals surface area contributed by atoms with Crippen LogP contribution in [-0.4, -0.2) is 66.5 Å². The number of nitrogens with two attached hydrogens (primary N) is 1. The van der Waals surface area contributed by atoms with Gasteiger partial charge >= 0.3 is 0 Å². The second kappa shape index (κ2) is 6.54. The van der Waals surface area contributed by atoms with Gasteiger partial charge in [0.25, 0.3) is 5.91 Å². The molecule has 0 aliphatic carbocycles. The molecule has 0 radical (unpaired) electrons. The maximum Gasteiger partial charge on any atom is 0.251 e. The number of carbonyl (C=O) groups is 2. The molecule has 0 aromatic rings. The number of amides is 2. The maximum atomic E-state index is 12.2. The van der Waals surface area contributed by atoms with Crippen LogP contribution in [0.15, 0.2) is 0 Å². The maximum absolute atomic E-state index is 12.2. The molecule has 0 spiro atoms. The molecule has 114 valence electrons. The highest BCUT2D eigenvalue weighted by atomic mass is 16.5. The number of hydrogen-bond donors (Lipinski definition) is 1. The lowest BCUT2D eigenvalue weighted by Gasteiger charge is -2.37. The van der Waals surface area contributed by atoms with Crippen LogP contribution in [0.4, 0.5) is 0 Å². The first-order valence-corrected chi connectivity index (χ1v) is 7.45. The predicted octanol–water partition coefficient (Wildman–Crippen LogP) is -0.180. The molecular formula is C14H25N3O3. The van der Waals surface area contributed by atoms with Gasteiger partial charge in [0.05, 0.1) is 6.04 Å².